The molecule has 0 bridgehead atoms. The Morgan fingerprint density at radius 2 is 2.04 bits per heavy atom. The number of amides is 2. The first-order chi connectivity index (χ1) is 13.0. The van der Waals surface area contributed by atoms with Crippen molar-refractivity contribution in [2.75, 3.05) is 5.32 Å². The molecule has 2 amide bonds. The van der Waals surface area contributed by atoms with Gasteiger partial charge in [0.2, 0.25) is 0 Å². The van der Waals surface area contributed by atoms with Gasteiger partial charge in [-0.15, -0.1) is 0 Å². The highest BCUT2D eigenvalue weighted by Crippen LogP contribution is 2.18. The van der Waals surface area contributed by atoms with Crippen LogP contribution < -0.4 is 10.6 Å². The summed E-state index contributed by atoms with van der Waals surface area (Å²) in [5.41, 5.74) is 2.42. The van der Waals surface area contributed by atoms with Crippen LogP contribution in [0.4, 0.5) is 5.69 Å². The molecule has 27 heavy (non-hydrogen) atoms. The Hall–Kier alpha value is -3.35. The number of anilines is 1. The molecule has 0 fully saturated rings. The van der Waals surface area contributed by atoms with Gasteiger partial charge in [-0.1, -0.05) is 6.07 Å². The minimum absolute atomic E-state index is 0.219. The van der Waals surface area contributed by atoms with Crippen LogP contribution in [0.3, 0.4) is 0 Å². The van der Waals surface area contributed by atoms with E-state index in [9.17, 15) is 9.59 Å². The molecule has 0 unspecified atom stereocenters. The largest absolute Gasteiger partial charge is 0.357 e. The number of hydrogen-bond donors (Lipinski definition) is 3. The zero-order chi connectivity index (χ0) is 19.4. The number of hydrogen-bond acceptors (Lipinski definition) is 3. The molecule has 3 rings (SSSR count). The highest BCUT2D eigenvalue weighted by atomic mass is 16.2. The lowest BCUT2D eigenvalue weighted by molar-refractivity contribution is 0.0948. The Bertz CT molecular complexity index is 941. The molecular weight excluding hydrogens is 342 g/mol. The van der Waals surface area contributed by atoms with Gasteiger partial charge in [0.25, 0.3) is 11.8 Å². The molecule has 0 aliphatic carbocycles. The maximum absolute atomic E-state index is 12.5. The molecule has 0 saturated carbocycles. The van der Waals surface area contributed by atoms with E-state index in [0.717, 1.165) is 11.4 Å². The number of benzene rings is 1. The summed E-state index contributed by atoms with van der Waals surface area (Å²) in [6, 6.07) is 8.96. The van der Waals surface area contributed by atoms with Crippen LogP contribution in [0.2, 0.25) is 0 Å². The summed E-state index contributed by atoms with van der Waals surface area (Å²) in [6.45, 7) is 6.34. The summed E-state index contributed by atoms with van der Waals surface area (Å²) in [6.07, 6.45) is 5.31. The van der Waals surface area contributed by atoms with Gasteiger partial charge in [-0.25, -0.2) is 4.98 Å². The van der Waals surface area contributed by atoms with Gasteiger partial charge in [-0.3, -0.25) is 9.59 Å². The minimum Gasteiger partial charge on any atom is -0.357 e. The summed E-state index contributed by atoms with van der Waals surface area (Å²) in [4.78, 5) is 31.9. The lowest BCUT2D eigenvalue weighted by Gasteiger charge is -2.13. The van der Waals surface area contributed by atoms with Gasteiger partial charge in [0.05, 0.1) is 6.54 Å². The van der Waals surface area contributed by atoms with Gasteiger partial charge in [0.1, 0.15) is 11.5 Å². The van der Waals surface area contributed by atoms with Crippen LogP contribution in [0.25, 0.3) is 0 Å². The quantitative estimate of drug-likeness (QED) is 0.626. The number of aromatic amines is 1. The number of carbonyl (C=O) groups is 2. The van der Waals surface area contributed by atoms with Crippen molar-refractivity contribution >= 4 is 17.5 Å². The molecule has 3 aromatic rings. The molecule has 7 nitrogen and oxygen atoms in total. The minimum atomic E-state index is -0.250. The first-order valence-corrected chi connectivity index (χ1v) is 8.81. The maximum atomic E-state index is 12.5. The van der Waals surface area contributed by atoms with Crippen molar-refractivity contribution in [2.24, 2.45) is 0 Å². The van der Waals surface area contributed by atoms with Crippen LogP contribution in [0, 0.1) is 6.92 Å². The lowest BCUT2D eigenvalue weighted by atomic mass is 10.1. The summed E-state index contributed by atoms with van der Waals surface area (Å²) in [5, 5.41) is 5.72. The molecule has 2 aromatic heterocycles. The second-order valence-corrected chi connectivity index (χ2v) is 6.59. The molecule has 0 aliphatic rings. The fourth-order valence-electron chi connectivity index (χ4n) is 2.77. The van der Waals surface area contributed by atoms with Crippen molar-refractivity contribution in [1.82, 2.24) is 19.9 Å². The van der Waals surface area contributed by atoms with Gasteiger partial charge in [-0.05, 0) is 50.6 Å². The molecule has 0 atom stereocenters. The van der Waals surface area contributed by atoms with Crippen molar-refractivity contribution in [3.63, 3.8) is 0 Å². The molecule has 0 saturated heterocycles. The van der Waals surface area contributed by atoms with E-state index in [1.807, 2.05) is 23.8 Å². The zero-order valence-electron chi connectivity index (χ0n) is 15.6. The Balaban J connectivity index is 1.70. The number of nitrogens with one attached hydrogen (secondary N) is 3. The number of aryl methyl sites for hydroxylation is 1. The normalized spacial score (nSPS) is 10.8. The Morgan fingerprint density at radius 3 is 2.74 bits per heavy atom. The number of H-pyrrole nitrogens is 1. The number of rotatable bonds is 6. The monoisotopic (exact) mass is 365 g/mol. The standard InChI is InChI=1S/C20H23N5O2/c1-13(2)25-10-9-22-18(25)12-23-19(26)15-7-6-14(3)17(11-15)24-20(27)16-5-4-8-21-16/h4-11,13,21H,12H2,1-3H3,(H,23,26)(H,24,27). The predicted molar refractivity (Wildman–Crippen MR) is 104 cm³/mol. The van der Waals surface area contributed by atoms with E-state index in [1.165, 1.54) is 0 Å². The SMILES string of the molecule is Cc1ccc(C(=O)NCc2nccn2C(C)C)cc1NC(=O)c1ccc[nH]1. The molecule has 7 heteroatoms. The third-order valence-corrected chi connectivity index (χ3v) is 4.30. The van der Waals surface area contributed by atoms with E-state index in [-0.39, 0.29) is 17.9 Å². The molecule has 140 valence electrons. The average molecular weight is 365 g/mol. The fraction of sp³-hybridized carbons (Fsp3) is 0.250. The Morgan fingerprint density at radius 1 is 1.22 bits per heavy atom. The number of nitrogens with zero attached hydrogens (tertiary/aromatic N) is 2. The summed E-state index contributed by atoms with van der Waals surface area (Å²) in [7, 11) is 0. The molecule has 0 spiro atoms. The van der Waals surface area contributed by atoms with Crippen LogP contribution in [0.5, 0.6) is 0 Å². The summed E-state index contributed by atoms with van der Waals surface area (Å²) in [5.74, 6) is 0.328. The first kappa shape index (κ1) is 18.4. The van der Waals surface area contributed by atoms with E-state index in [0.29, 0.717) is 23.5 Å². The van der Waals surface area contributed by atoms with Gasteiger partial charge in [0.15, 0.2) is 0 Å². The number of aromatic nitrogens is 3. The molecular formula is C20H23N5O2. The number of imidazole rings is 1. The van der Waals surface area contributed by atoms with Crippen molar-refractivity contribution in [3.05, 3.63) is 71.6 Å². The smallest absolute Gasteiger partial charge is 0.272 e. The van der Waals surface area contributed by atoms with Crippen LogP contribution >= 0.6 is 0 Å². The van der Waals surface area contributed by atoms with E-state index < -0.39 is 0 Å². The van der Waals surface area contributed by atoms with E-state index in [4.69, 9.17) is 0 Å². The molecule has 0 aliphatic heterocycles. The lowest BCUT2D eigenvalue weighted by Crippen LogP contribution is -2.25. The third-order valence-electron chi connectivity index (χ3n) is 4.30. The third kappa shape index (κ3) is 4.25. The van der Waals surface area contributed by atoms with Crippen molar-refractivity contribution in [1.29, 1.82) is 0 Å². The molecule has 0 radical (unpaired) electrons. The van der Waals surface area contributed by atoms with Crippen LogP contribution in [-0.2, 0) is 6.54 Å². The van der Waals surface area contributed by atoms with Crippen LogP contribution in [-0.4, -0.2) is 26.3 Å². The second kappa shape index (κ2) is 7.90. The van der Waals surface area contributed by atoms with Gasteiger partial charge in [0, 0.05) is 35.9 Å². The first-order valence-electron chi connectivity index (χ1n) is 8.81. The molecule has 2 heterocycles. The fourth-order valence-corrected chi connectivity index (χ4v) is 2.77. The van der Waals surface area contributed by atoms with Gasteiger partial charge in [-0.2, -0.15) is 0 Å². The average Bonchev–Trinajstić information content (AvgIpc) is 3.33. The van der Waals surface area contributed by atoms with E-state index in [2.05, 4.69) is 34.4 Å². The van der Waals surface area contributed by atoms with E-state index >= 15 is 0 Å². The van der Waals surface area contributed by atoms with Crippen LogP contribution in [0.1, 0.15) is 52.1 Å². The zero-order valence-corrected chi connectivity index (χ0v) is 15.6. The topological polar surface area (TPSA) is 91.8 Å². The summed E-state index contributed by atoms with van der Waals surface area (Å²) >= 11 is 0. The maximum Gasteiger partial charge on any atom is 0.272 e. The number of carbonyl (C=O) groups excluding carboxylic acids is 2. The second-order valence-electron chi connectivity index (χ2n) is 6.59. The van der Waals surface area contributed by atoms with Crippen LogP contribution in [0.15, 0.2) is 48.9 Å². The van der Waals surface area contributed by atoms with Crippen molar-refractivity contribution in [3.8, 4) is 0 Å². The van der Waals surface area contributed by atoms with E-state index in [1.54, 1.807) is 36.7 Å². The Labute approximate surface area is 157 Å². The summed E-state index contributed by atoms with van der Waals surface area (Å²) < 4.78 is 2.01. The molecule has 3 N–H and O–H groups in total. The van der Waals surface area contributed by atoms with Gasteiger partial charge < -0.3 is 20.2 Å². The van der Waals surface area contributed by atoms with Crippen molar-refractivity contribution < 1.29 is 9.59 Å². The highest BCUT2D eigenvalue weighted by Gasteiger charge is 2.13. The van der Waals surface area contributed by atoms with Gasteiger partial charge >= 0.3 is 0 Å². The van der Waals surface area contributed by atoms with Crippen molar-refractivity contribution in [2.45, 2.75) is 33.4 Å². The Kier molecular flexibility index (Phi) is 5.40. The highest BCUT2D eigenvalue weighted by molar-refractivity contribution is 6.04. The predicted octanol–water partition coefficient (Wildman–Crippen LogP) is 3.28. The molecule has 1 aromatic carbocycles.